The molecule has 0 aromatic carbocycles. The van der Waals surface area contributed by atoms with Crippen LogP contribution in [0.25, 0.3) is 0 Å². The van der Waals surface area contributed by atoms with Gasteiger partial charge in [0, 0.05) is 14.0 Å². The van der Waals surface area contributed by atoms with Crippen molar-refractivity contribution in [1.29, 1.82) is 5.41 Å². The van der Waals surface area contributed by atoms with Gasteiger partial charge in [-0.25, -0.2) is 0 Å². The fourth-order valence-corrected chi connectivity index (χ4v) is 0.147. The van der Waals surface area contributed by atoms with Crippen molar-refractivity contribution in [3.8, 4) is 0 Å². The molecule has 42 valence electrons. The predicted molar refractivity (Wildman–Crippen MR) is 26.4 cm³/mol. The van der Waals surface area contributed by atoms with Crippen LogP contribution in [-0.4, -0.2) is 19.8 Å². The van der Waals surface area contributed by atoms with E-state index in [4.69, 9.17) is 5.41 Å². The maximum atomic E-state index is 6.70. The van der Waals surface area contributed by atoms with Crippen LogP contribution in [0.15, 0.2) is 0 Å². The number of rotatable bonds is 2. The van der Waals surface area contributed by atoms with Gasteiger partial charge in [-0.05, 0) is 0 Å². The van der Waals surface area contributed by atoms with Crippen molar-refractivity contribution in [2.75, 3.05) is 13.9 Å². The van der Waals surface area contributed by atoms with Crippen molar-refractivity contribution in [3.63, 3.8) is 0 Å². The zero-order valence-electron chi connectivity index (χ0n) is 4.52. The molecule has 0 aliphatic carbocycles. The summed E-state index contributed by atoms with van der Waals surface area (Å²) in [6.45, 7) is 1.73. The quantitative estimate of drug-likeness (QED) is 0.316. The maximum Gasteiger partial charge on any atom is 0.190 e. The number of nitrogens with one attached hydrogen (secondary N) is 1. The van der Waals surface area contributed by atoms with Crippen LogP contribution in [-0.2, 0) is 9.47 Å². The highest BCUT2D eigenvalue weighted by Gasteiger charge is 1.80. The molecule has 0 amide bonds. The molecular weight excluding hydrogens is 94.0 g/mol. The highest BCUT2D eigenvalue weighted by atomic mass is 16.7. The van der Waals surface area contributed by atoms with Crippen molar-refractivity contribution in [1.82, 2.24) is 0 Å². The summed E-state index contributed by atoms with van der Waals surface area (Å²) in [5, 5.41) is 6.70. The third-order valence-electron chi connectivity index (χ3n) is 0.393. The number of ether oxygens (including phenoxy) is 2. The maximum absolute atomic E-state index is 6.70. The first-order chi connectivity index (χ1) is 3.27. The van der Waals surface area contributed by atoms with E-state index >= 15 is 0 Å². The molecule has 0 spiro atoms. The lowest BCUT2D eigenvalue weighted by Gasteiger charge is -1.97. The average Bonchev–Trinajstić information content (AvgIpc) is 1.61. The molecule has 0 fully saturated rings. The fourth-order valence-electron chi connectivity index (χ4n) is 0.147. The van der Waals surface area contributed by atoms with Crippen LogP contribution in [0.2, 0.25) is 0 Å². The van der Waals surface area contributed by atoms with E-state index in [1.54, 1.807) is 6.92 Å². The lowest BCUT2D eigenvalue weighted by molar-refractivity contribution is 0.0410. The molecule has 0 aliphatic rings. The first-order valence-corrected chi connectivity index (χ1v) is 1.94. The summed E-state index contributed by atoms with van der Waals surface area (Å²) >= 11 is 0. The van der Waals surface area contributed by atoms with Crippen LogP contribution in [0.5, 0.6) is 0 Å². The van der Waals surface area contributed by atoms with Crippen molar-refractivity contribution < 1.29 is 9.47 Å². The Kier molecular flexibility index (Phi) is 3.32. The van der Waals surface area contributed by atoms with Gasteiger partial charge in [0.15, 0.2) is 12.7 Å². The van der Waals surface area contributed by atoms with Gasteiger partial charge >= 0.3 is 0 Å². The van der Waals surface area contributed by atoms with Gasteiger partial charge in [-0.1, -0.05) is 0 Å². The molecule has 0 radical (unpaired) electrons. The zero-order chi connectivity index (χ0) is 5.70. The minimum Gasteiger partial charge on any atom is -0.455 e. The standard InChI is InChI=1S/C4H9NO2/c1-4(5)7-3-6-2/h5H,3H2,1-2H3. The van der Waals surface area contributed by atoms with Crippen LogP contribution in [0.3, 0.4) is 0 Å². The molecule has 0 saturated carbocycles. The largest absolute Gasteiger partial charge is 0.455 e. The molecule has 3 heteroatoms. The van der Waals surface area contributed by atoms with Crippen LogP contribution in [0, 0.1) is 5.41 Å². The molecular formula is C4H9NO2. The Labute approximate surface area is 42.7 Å². The van der Waals surface area contributed by atoms with Crippen LogP contribution in [0.4, 0.5) is 0 Å². The third-order valence-corrected chi connectivity index (χ3v) is 0.393. The smallest absolute Gasteiger partial charge is 0.190 e. The Balaban J connectivity index is 2.82. The molecule has 0 aromatic rings. The zero-order valence-corrected chi connectivity index (χ0v) is 4.52. The van der Waals surface area contributed by atoms with E-state index in [0.29, 0.717) is 0 Å². The molecule has 3 nitrogen and oxygen atoms in total. The van der Waals surface area contributed by atoms with Gasteiger partial charge in [-0.2, -0.15) is 0 Å². The first kappa shape index (κ1) is 6.43. The molecule has 0 heterocycles. The van der Waals surface area contributed by atoms with Crippen molar-refractivity contribution in [3.05, 3.63) is 0 Å². The van der Waals surface area contributed by atoms with E-state index in [2.05, 4.69) is 9.47 Å². The number of hydrogen-bond donors (Lipinski definition) is 1. The van der Waals surface area contributed by atoms with Gasteiger partial charge in [0.05, 0.1) is 0 Å². The van der Waals surface area contributed by atoms with Crippen molar-refractivity contribution >= 4 is 5.90 Å². The van der Waals surface area contributed by atoms with E-state index in [9.17, 15) is 0 Å². The molecule has 0 aliphatic heterocycles. The second kappa shape index (κ2) is 3.61. The highest BCUT2D eigenvalue weighted by molar-refractivity contribution is 5.69. The minimum atomic E-state index is 0.176. The van der Waals surface area contributed by atoms with Gasteiger partial charge in [-0.3, -0.25) is 5.41 Å². The molecule has 1 N–H and O–H groups in total. The summed E-state index contributed by atoms with van der Waals surface area (Å²) < 4.78 is 9.04. The van der Waals surface area contributed by atoms with Crippen LogP contribution < -0.4 is 0 Å². The minimum absolute atomic E-state index is 0.176. The monoisotopic (exact) mass is 103 g/mol. The van der Waals surface area contributed by atoms with E-state index in [1.807, 2.05) is 0 Å². The average molecular weight is 103 g/mol. The van der Waals surface area contributed by atoms with E-state index in [1.165, 1.54) is 7.11 Å². The Hall–Kier alpha value is -0.570. The van der Waals surface area contributed by atoms with E-state index < -0.39 is 0 Å². The Bertz CT molecular complexity index is 62.7. The van der Waals surface area contributed by atoms with Gasteiger partial charge in [0.1, 0.15) is 0 Å². The van der Waals surface area contributed by atoms with E-state index in [0.717, 1.165) is 0 Å². The van der Waals surface area contributed by atoms with Gasteiger partial charge in [0.2, 0.25) is 0 Å². The van der Waals surface area contributed by atoms with Gasteiger partial charge in [0.25, 0.3) is 0 Å². The molecule has 0 unspecified atom stereocenters. The summed E-state index contributed by atoms with van der Waals surface area (Å²) in [6.07, 6.45) is 0. The van der Waals surface area contributed by atoms with Crippen LogP contribution >= 0.6 is 0 Å². The molecule has 0 atom stereocenters. The first-order valence-electron chi connectivity index (χ1n) is 1.94. The summed E-state index contributed by atoms with van der Waals surface area (Å²) in [7, 11) is 1.52. The predicted octanol–water partition coefficient (Wildman–Crippen LogP) is 0.604. The molecule has 7 heavy (non-hydrogen) atoms. The number of methoxy groups -OCH3 is 1. The highest BCUT2D eigenvalue weighted by Crippen LogP contribution is 1.73. The summed E-state index contributed by atoms with van der Waals surface area (Å²) in [5.41, 5.74) is 0. The topological polar surface area (TPSA) is 42.3 Å². The molecule has 0 aromatic heterocycles. The Morgan fingerprint density at radius 3 is 2.43 bits per heavy atom. The second-order valence-corrected chi connectivity index (χ2v) is 1.11. The van der Waals surface area contributed by atoms with Crippen molar-refractivity contribution in [2.45, 2.75) is 6.92 Å². The SMILES string of the molecule is COCOC(C)=N. The summed E-state index contributed by atoms with van der Waals surface area (Å²) in [4.78, 5) is 0. The second-order valence-electron chi connectivity index (χ2n) is 1.11. The fraction of sp³-hybridized carbons (Fsp3) is 0.750. The molecule has 0 bridgehead atoms. The normalized spacial score (nSPS) is 8.29. The van der Waals surface area contributed by atoms with Crippen molar-refractivity contribution in [2.24, 2.45) is 0 Å². The lowest BCUT2D eigenvalue weighted by atomic mass is 10.8. The lowest BCUT2D eigenvalue weighted by Crippen LogP contribution is -2.00. The van der Waals surface area contributed by atoms with E-state index in [-0.39, 0.29) is 12.7 Å². The Morgan fingerprint density at radius 1 is 1.71 bits per heavy atom. The van der Waals surface area contributed by atoms with Gasteiger partial charge < -0.3 is 9.47 Å². The summed E-state index contributed by atoms with van der Waals surface area (Å²) in [6, 6.07) is 0. The number of hydrogen-bond acceptors (Lipinski definition) is 3. The third kappa shape index (κ3) is 5.43. The molecule has 0 rings (SSSR count). The molecule has 0 saturated heterocycles. The summed E-state index contributed by atoms with van der Waals surface area (Å²) in [5.74, 6) is 0.182. The van der Waals surface area contributed by atoms with Gasteiger partial charge in [-0.15, -0.1) is 0 Å². The van der Waals surface area contributed by atoms with Crippen LogP contribution in [0.1, 0.15) is 6.92 Å². The Morgan fingerprint density at radius 2 is 2.29 bits per heavy atom.